The first-order valence-corrected chi connectivity index (χ1v) is 13.6. The first-order chi connectivity index (χ1) is 15.4. The fraction of sp³-hybridized carbons (Fsp3) is 0.174. The van der Waals surface area contributed by atoms with Gasteiger partial charge in [-0.05, 0) is 41.8 Å². The van der Waals surface area contributed by atoms with Crippen molar-refractivity contribution in [3.05, 3.63) is 72.1 Å². The van der Waals surface area contributed by atoms with Gasteiger partial charge < -0.3 is 0 Å². The molecule has 0 atom stereocenters. The lowest BCUT2D eigenvalue weighted by atomic mass is 10.1. The molecule has 0 amide bonds. The average molecular weight is 482 g/mol. The molecular weight excluding hydrogens is 462 g/mol. The second kappa shape index (κ2) is 8.31. The Bertz CT molecular complexity index is 1430. The van der Waals surface area contributed by atoms with Crippen molar-refractivity contribution in [2.75, 3.05) is 22.9 Å². The summed E-state index contributed by atoms with van der Waals surface area (Å²) in [6.45, 7) is 0.418. The van der Waals surface area contributed by atoms with Crippen LogP contribution in [-0.4, -0.2) is 42.7 Å². The number of hydrogen-bond donors (Lipinski definition) is 0. The van der Waals surface area contributed by atoms with Gasteiger partial charge in [0.15, 0.2) is 5.78 Å². The van der Waals surface area contributed by atoms with Crippen LogP contribution in [-0.2, 0) is 16.4 Å². The molecule has 1 aliphatic heterocycles. The third-order valence-electron chi connectivity index (χ3n) is 5.35. The molecule has 0 radical (unpaired) electrons. The van der Waals surface area contributed by atoms with E-state index in [0.29, 0.717) is 24.2 Å². The number of sulfonamides is 1. The highest BCUT2D eigenvalue weighted by molar-refractivity contribution is 8.00. The monoisotopic (exact) mass is 481 g/mol. The van der Waals surface area contributed by atoms with E-state index in [-0.39, 0.29) is 11.5 Å². The molecule has 162 valence electrons. The molecule has 0 saturated heterocycles. The highest BCUT2D eigenvalue weighted by atomic mass is 32.2. The lowest BCUT2D eigenvalue weighted by Crippen LogP contribution is -2.27. The number of hydrogen-bond acceptors (Lipinski definition) is 7. The molecule has 6 nitrogen and oxygen atoms in total. The molecule has 0 spiro atoms. The Balaban J connectivity index is 1.35. The van der Waals surface area contributed by atoms with Crippen LogP contribution in [0.5, 0.6) is 0 Å². The van der Waals surface area contributed by atoms with Crippen LogP contribution < -0.4 is 4.31 Å². The van der Waals surface area contributed by atoms with E-state index in [9.17, 15) is 13.2 Å². The second-order valence-corrected chi connectivity index (χ2v) is 11.4. The van der Waals surface area contributed by atoms with Crippen LogP contribution in [0, 0.1) is 0 Å². The summed E-state index contributed by atoms with van der Waals surface area (Å²) in [5.41, 5.74) is 3.28. The van der Waals surface area contributed by atoms with Crippen molar-refractivity contribution in [1.82, 2.24) is 9.97 Å². The van der Waals surface area contributed by atoms with Gasteiger partial charge in [0, 0.05) is 22.4 Å². The number of thioether (sulfide) groups is 1. The van der Waals surface area contributed by atoms with E-state index in [4.69, 9.17) is 0 Å². The molecule has 0 bridgehead atoms. The number of rotatable bonds is 6. The molecule has 0 unspecified atom stereocenters. The van der Waals surface area contributed by atoms with Gasteiger partial charge in [0.25, 0.3) is 0 Å². The van der Waals surface area contributed by atoms with Gasteiger partial charge in [0.05, 0.1) is 17.7 Å². The number of anilines is 1. The minimum atomic E-state index is -3.30. The number of nitrogens with zero attached hydrogens (tertiary/aromatic N) is 3. The number of carbonyl (C=O) groups is 1. The maximum atomic E-state index is 12.9. The topological polar surface area (TPSA) is 80.2 Å². The largest absolute Gasteiger partial charge is 0.293 e. The summed E-state index contributed by atoms with van der Waals surface area (Å²) in [6.07, 6.45) is 3.35. The Labute approximate surface area is 194 Å². The summed E-state index contributed by atoms with van der Waals surface area (Å²) in [7, 11) is -3.30. The molecule has 0 fully saturated rings. The normalized spacial score (nSPS) is 13.5. The number of benzene rings is 2. The minimum Gasteiger partial charge on any atom is -0.293 e. The van der Waals surface area contributed by atoms with Gasteiger partial charge >= 0.3 is 0 Å². The van der Waals surface area contributed by atoms with Gasteiger partial charge in [-0.2, -0.15) is 0 Å². The lowest BCUT2D eigenvalue weighted by molar-refractivity contribution is 0.102. The highest BCUT2D eigenvalue weighted by Gasteiger charge is 2.26. The quantitative estimate of drug-likeness (QED) is 0.226. The fourth-order valence-electron chi connectivity index (χ4n) is 3.80. The van der Waals surface area contributed by atoms with Gasteiger partial charge in [-0.25, -0.2) is 18.4 Å². The summed E-state index contributed by atoms with van der Waals surface area (Å²) in [4.78, 5) is 23.7. The summed E-state index contributed by atoms with van der Waals surface area (Å²) >= 11 is 3.01. The zero-order valence-electron chi connectivity index (χ0n) is 17.2. The lowest BCUT2D eigenvalue weighted by Gasteiger charge is -2.16. The summed E-state index contributed by atoms with van der Waals surface area (Å²) in [5, 5.41) is 1.73. The number of thiophene rings is 1. The molecule has 9 heteroatoms. The van der Waals surface area contributed by atoms with Gasteiger partial charge in [0.2, 0.25) is 10.0 Å². The summed E-state index contributed by atoms with van der Waals surface area (Å²) in [5.74, 6) is 0.234. The Morgan fingerprint density at radius 3 is 2.72 bits per heavy atom. The van der Waals surface area contributed by atoms with E-state index in [1.54, 1.807) is 23.5 Å². The summed E-state index contributed by atoms with van der Waals surface area (Å²) in [6, 6.07) is 17.5. The molecular formula is C23H19N3O3S3. The van der Waals surface area contributed by atoms with Crippen molar-refractivity contribution in [3.63, 3.8) is 0 Å². The molecule has 0 N–H and O–H groups in total. The third-order valence-corrected chi connectivity index (χ3v) is 8.62. The molecule has 3 heterocycles. The van der Waals surface area contributed by atoms with Crippen molar-refractivity contribution in [2.45, 2.75) is 11.4 Å². The van der Waals surface area contributed by atoms with Gasteiger partial charge in [0.1, 0.15) is 16.2 Å². The van der Waals surface area contributed by atoms with E-state index in [0.717, 1.165) is 31.2 Å². The van der Waals surface area contributed by atoms with Crippen LogP contribution in [0.2, 0.25) is 0 Å². The third kappa shape index (κ3) is 4.03. The van der Waals surface area contributed by atoms with Crippen LogP contribution in [0.3, 0.4) is 0 Å². The standard InChI is InChI=1S/C23H19N3O3S3/c1-32(28,29)26-10-9-16-11-17(7-8-19(16)26)20(27)13-30-22-18-12-21(15-5-3-2-4-6-15)31-23(18)25-14-24-22/h2-8,11-12,14H,9-10,13H2,1H3. The Hall–Kier alpha value is -2.75. The molecule has 2 aromatic heterocycles. The van der Waals surface area contributed by atoms with Crippen LogP contribution in [0.1, 0.15) is 15.9 Å². The molecule has 4 aromatic rings. The van der Waals surface area contributed by atoms with Crippen molar-refractivity contribution in [3.8, 4) is 10.4 Å². The highest BCUT2D eigenvalue weighted by Crippen LogP contribution is 2.36. The van der Waals surface area contributed by atoms with E-state index in [1.807, 2.05) is 24.3 Å². The molecule has 1 aliphatic rings. The Kier molecular flexibility index (Phi) is 5.48. The fourth-order valence-corrected chi connectivity index (χ4v) is 6.69. The SMILES string of the molecule is CS(=O)(=O)N1CCc2cc(C(=O)CSc3ncnc4sc(-c5ccccc5)cc34)ccc21. The predicted octanol–water partition coefficient (Wildman–Crippen LogP) is 4.66. The molecule has 2 aromatic carbocycles. The zero-order chi connectivity index (χ0) is 22.3. The van der Waals surface area contributed by atoms with Crippen molar-refractivity contribution < 1.29 is 13.2 Å². The molecule has 5 rings (SSSR count). The van der Waals surface area contributed by atoms with E-state index >= 15 is 0 Å². The number of Topliss-reactive ketones (excluding diaryl/α,β-unsaturated/α-hetero) is 1. The minimum absolute atomic E-state index is 0.0131. The predicted molar refractivity (Wildman–Crippen MR) is 130 cm³/mol. The number of fused-ring (bicyclic) bond motifs is 2. The smallest absolute Gasteiger partial charge is 0.232 e. The van der Waals surface area contributed by atoms with Crippen LogP contribution >= 0.6 is 23.1 Å². The van der Waals surface area contributed by atoms with Crippen LogP contribution in [0.25, 0.3) is 20.7 Å². The average Bonchev–Trinajstić information content (AvgIpc) is 3.42. The first-order valence-electron chi connectivity index (χ1n) is 9.97. The van der Waals surface area contributed by atoms with Gasteiger partial charge in [-0.1, -0.05) is 42.1 Å². The van der Waals surface area contributed by atoms with Crippen LogP contribution in [0.15, 0.2) is 66.0 Å². The second-order valence-electron chi connectivity index (χ2n) is 7.51. The van der Waals surface area contributed by atoms with Gasteiger partial charge in [-0.3, -0.25) is 9.10 Å². The number of carbonyl (C=O) groups excluding carboxylic acids is 1. The molecule has 32 heavy (non-hydrogen) atoms. The Morgan fingerprint density at radius 2 is 1.94 bits per heavy atom. The number of ketones is 1. The van der Waals surface area contributed by atoms with Crippen molar-refractivity contribution >= 4 is 54.8 Å². The van der Waals surface area contributed by atoms with Crippen molar-refractivity contribution in [2.24, 2.45) is 0 Å². The molecule has 0 saturated carbocycles. The number of aromatic nitrogens is 2. The Morgan fingerprint density at radius 1 is 1.12 bits per heavy atom. The van der Waals surface area contributed by atoms with Crippen LogP contribution in [0.4, 0.5) is 5.69 Å². The van der Waals surface area contributed by atoms with Crippen molar-refractivity contribution in [1.29, 1.82) is 0 Å². The zero-order valence-corrected chi connectivity index (χ0v) is 19.6. The van der Waals surface area contributed by atoms with E-state index in [1.165, 1.54) is 28.7 Å². The van der Waals surface area contributed by atoms with E-state index < -0.39 is 10.0 Å². The first kappa shape index (κ1) is 21.1. The summed E-state index contributed by atoms with van der Waals surface area (Å²) < 4.78 is 25.2. The van der Waals surface area contributed by atoms with E-state index in [2.05, 4.69) is 28.2 Å². The van der Waals surface area contributed by atoms with Gasteiger partial charge in [-0.15, -0.1) is 11.3 Å². The maximum absolute atomic E-state index is 12.9. The maximum Gasteiger partial charge on any atom is 0.232 e. The molecule has 0 aliphatic carbocycles.